The van der Waals surface area contributed by atoms with Crippen molar-refractivity contribution in [3.63, 3.8) is 0 Å². The van der Waals surface area contributed by atoms with Crippen molar-refractivity contribution in [1.82, 2.24) is 0 Å². The molecule has 1 aliphatic carbocycles. The highest BCUT2D eigenvalue weighted by Crippen LogP contribution is 2.38. The zero-order valence-electron chi connectivity index (χ0n) is 17.4. The maximum atomic E-state index is 11.6. The first-order valence-electron chi connectivity index (χ1n) is 10.7. The quantitative estimate of drug-likeness (QED) is 0.425. The molecule has 30 heavy (non-hydrogen) atoms. The Hall–Kier alpha value is -3.07. The van der Waals surface area contributed by atoms with Gasteiger partial charge < -0.3 is 9.47 Å². The molecule has 0 saturated heterocycles. The van der Waals surface area contributed by atoms with Gasteiger partial charge in [0.25, 0.3) is 0 Å². The number of hydrogen-bond donors (Lipinski definition) is 0. The van der Waals surface area contributed by atoms with Crippen LogP contribution in [0.3, 0.4) is 0 Å². The van der Waals surface area contributed by atoms with E-state index in [0.29, 0.717) is 11.5 Å². The summed E-state index contributed by atoms with van der Waals surface area (Å²) < 4.78 is 11.3. The smallest absolute Gasteiger partial charge is 0.337 e. The van der Waals surface area contributed by atoms with Gasteiger partial charge in [0.2, 0.25) is 0 Å². The van der Waals surface area contributed by atoms with Crippen molar-refractivity contribution < 1.29 is 14.3 Å². The summed E-state index contributed by atoms with van der Waals surface area (Å²) in [5, 5.41) is 0. The van der Waals surface area contributed by atoms with E-state index in [2.05, 4.69) is 42.5 Å². The predicted octanol–water partition coefficient (Wildman–Crippen LogP) is 6.84. The average Bonchev–Trinajstić information content (AvgIpc) is 2.83. The highest BCUT2D eigenvalue weighted by molar-refractivity contribution is 5.89. The molecule has 0 aromatic heterocycles. The van der Waals surface area contributed by atoms with Crippen LogP contribution in [0.2, 0.25) is 0 Å². The normalized spacial score (nSPS) is 15.4. The third-order valence-corrected chi connectivity index (χ3v) is 5.96. The second kappa shape index (κ2) is 9.62. The van der Waals surface area contributed by atoms with Crippen molar-refractivity contribution in [2.24, 2.45) is 5.92 Å². The van der Waals surface area contributed by atoms with E-state index in [1.54, 1.807) is 12.1 Å². The molecule has 1 aliphatic rings. The summed E-state index contributed by atoms with van der Waals surface area (Å²) >= 11 is 0. The SMILES string of the molecule is COC(=O)c1ccc(-c2ccc(OC(c3ccccc3)C3CCCCC3)cc2)cc1. The molecule has 0 aliphatic heterocycles. The van der Waals surface area contributed by atoms with Crippen LogP contribution < -0.4 is 4.74 Å². The highest BCUT2D eigenvalue weighted by atomic mass is 16.5. The molecule has 154 valence electrons. The van der Waals surface area contributed by atoms with E-state index in [4.69, 9.17) is 9.47 Å². The topological polar surface area (TPSA) is 35.5 Å². The van der Waals surface area contributed by atoms with Gasteiger partial charge in [0, 0.05) is 5.92 Å². The third-order valence-electron chi connectivity index (χ3n) is 5.96. The van der Waals surface area contributed by atoms with Crippen LogP contribution in [0.15, 0.2) is 78.9 Å². The lowest BCUT2D eigenvalue weighted by molar-refractivity contribution is 0.0600. The van der Waals surface area contributed by atoms with Gasteiger partial charge in [0.15, 0.2) is 0 Å². The minimum Gasteiger partial charge on any atom is -0.485 e. The fourth-order valence-electron chi connectivity index (χ4n) is 4.31. The van der Waals surface area contributed by atoms with Crippen molar-refractivity contribution in [3.05, 3.63) is 90.0 Å². The standard InChI is InChI=1S/C27H28O3/c1-29-27(28)24-14-12-20(13-15-24)21-16-18-25(19-17-21)30-26(22-8-4-2-5-9-22)23-10-6-3-7-11-23/h2,4-5,8-9,12-19,23,26H,3,6-7,10-11H2,1H3. The molecule has 4 rings (SSSR count). The average molecular weight is 401 g/mol. The zero-order valence-corrected chi connectivity index (χ0v) is 17.4. The van der Waals surface area contributed by atoms with Gasteiger partial charge in [-0.2, -0.15) is 0 Å². The summed E-state index contributed by atoms with van der Waals surface area (Å²) in [4.78, 5) is 11.6. The number of rotatable bonds is 6. The molecule has 1 atom stereocenters. The number of carbonyl (C=O) groups excluding carboxylic acids is 1. The van der Waals surface area contributed by atoms with Gasteiger partial charge in [-0.25, -0.2) is 4.79 Å². The maximum absolute atomic E-state index is 11.6. The van der Waals surface area contributed by atoms with Crippen LogP contribution in [-0.4, -0.2) is 13.1 Å². The van der Waals surface area contributed by atoms with Crippen molar-refractivity contribution in [1.29, 1.82) is 0 Å². The summed E-state index contributed by atoms with van der Waals surface area (Å²) in [5.74, 6) is 1.14. The Labute approximate surface area is 178 Å². The molecule has 0 bridgehead atoms. The molecule has 3 aromatic carbocycles. The van der Waals surface area contributed by atoms with Crippen LogP contribution in [0, 0.1) is 5.92 Å². The first-order chi connectivity index (χ1) is 14.7. The summed E-state index contributed by atoms with van der Waals surface area (Å²) in [7, 11) is 1.39. The molecule has 0 spiro atoms. The van der Waals surface area contributed by atoms with E-state index < -0.39 is 0 Å². The first kappa shape index (κ1) is 20.2. The lowest BCUT2D eigenvalue weighted by atomic mass is 9.82. The van der Waals surface area contributed by atoms with E-state index in [9.17, 15) is 4.79 Å². The first-order valence-corrected chi connectivity index (χ1v) is 10.7. The van der Waals surface area contributed by atoms with Gasteiger partial charge in [0.1, 0.15) is 11.9 Å². The van der Waals surface area contributed by atoms with Gasteiger partial charge in [0.05, 0.1) is 12.7 Å². The van der Waals surface area contributed by atoms with Crippen LogP contribution in [0.1, 0.15) is 54.1 Å². The number of esters is 1. The number of methoxy groups -OCH3 is 1. The van der Waals surface area contributed by atoms with Crippen LogP contribution >= 0.6 is 0 Å². The molecule has 3 aromatic rings. The van der Waals surface area contributed by atoms with Crippen LogP contribution in [-0.2, 0) is 4.74 Å². The summed E-state index contributed by atoms with van der Waals surface area (Å²) in [5.41, 5.74) is 3.96. The lowest BCUT2D eigenvalue weighted by Crippen LogP contribution is -2.21. The summed E-state index contributed by atoms with van der Waals surface area (Å²) in [6.07, 6.45) is 6.46. The van der Waals surface area contributed by atoms with Gasteiger partial charge >= 0.3 is 5.97 Å². The number of carbonyl (C=O) groups is 1. The Kier molecular flexibility index (Phi) is 6.48. The third kappa shape index (κ3) is 4.73. The summed E-state index contributed by atoms with van der Waals surface area (Å²) in [6.45, 7) is 0. The van der Waals surface area contributed by atoms with Gasteiger partial charge in [-0.05, 0) is 53.8 Å². The lowest BCUT2D eigenvalue weighted by Gasteiger charge is -2.31. The molecular formula is C27H28O3. The highest BCUT2D eigenvalue weighted by Gasteiger charge is 2.26. The molecule has 1 unspecified atom stereocenters. The van der Waals surface area contributed by atoms with Crippen LogP contribution in [0.5, 0.6) is 5.75 Å². The molecule has 1 fully saturated rings. The Bertz CT molecular complexity index is 940. The Morgan fingerprint density at radius 1 is 0.800 bits per heavy atom. The minimum absolute atomic E-state index is 0.0942. The molecule has 0 radical (unpaired) electrons. The maximum Gasteiger partial charge on any atom is 0.337 e. The molecule has 0 amide bonds. The Morgan fingerprint density at radius 2 is 1.40 bits per heavy atom. The molecule has 0 N–H and O–H groups in total. The number of hydrogen-bond acceptors (Lipinski definition) is 3. The second-order valence-corrected chi connectivity index (χ2v) is 7.94. The van der Waals surface area contributed by atoms with Gasteiger partial charge in [-0.15, -0.1) is 0 Å². The predicted molar refractivity (Wildman–Crippen MR) is 120 cm³/mol. The number of benzene rings is 3. The minimum atomic E-state index is -0.319. The second-order valence-electron chi connectivity index (χ2n) is 7.94. The van der Waals surface area contributed by atoms with Gasteiger partial charge in [-0.3, -0.25) is 0 Å². The van der Waals surface area contributed by atoms with Crippen LogP contribution in [0.25, 0.3) is 11.1 Å². The number of ether oxygens (including phenoxy) is 2. The zero-order chi connectivity index (χ0) is 20.8. The van der Waals surface area contributed by atoms with E-state index in [1.165, 1.54) is 44.8 Å². The summed E-state index contributed by atoms with van der Waals surface area (Å²) in [6, 6.07) is 26.3. The van der Waals surface area contributed by atoms with Crippen molar-refractivity contribution >= 4 is 5.97 Å². The fourth-order valence-corrected chi connectivity index (χ4v) is 4.31. The monoisotopic (exact) mass is 400 g/mol. The van der Waals surface area contributed by atoms with E-state index in [0.717, 1.165) is 16.9 Å². The molecule has 3 nitrogen and oxygen atoms in total. The van der Waals surface area contributed by atoms with Crippen molar-refractivity contribution in [2.75, 3.05) is 7.11 Å². The van der Waals surface area contributed by atoms with Crippen LogP contribution in [0.4, 0.5) is 0 Å². The van der Waals surface area contributed by atoms with Crippen molar-refractivity contribution in [3.8, 4) is 16.9 Å². The Balaban J connectivity index is 1.51. The Morgan fingerprint density at radius 3 is 2.00 bits per heavy atom. The fraction of sp³-hybridized carbons (Fsp3) is 0.296. The molecule has 0 heterocycles. The molecular weight excluding hydrogens is 372 g/mol. The van der Waals surface area contributed by atoms with E-state index in [1.807, 2.05) is 24.3 Å². The largest absolute Gasteiger partial charge is 0.485 e. The van der Waals surface area contributed by atoms with E-state index in [-0.39, 0.29) is 12.1 Å². The van der Waals surface area contributed by atoms with E-state index >= 15 is 0 Å². The van der Waals surface area contributed by atoms with Gasteiger partial charge in [-0.1, -0.05) is 73.9 Å². The van der Waals surface area contributed by atoms with Crippen molar-refractivity contribution in [2.45, 2.75) is 38.2 Å². The molecule has 1 saturated carbocycles. The molecule has 3 heteroatoms.